The molecule has 2 fully saturated rings. The van der Waals surface area contributed by atoms with E-state index in [4.69, 9.17) is 9.84 Å². The SMILES string of the molecule is O=C(N[C@@H](CC1CC1)C(=O)N1CC(C(=O)O)C1)OCC1c2ccccc2-c2ccccc21. The highest BCUT2D eigenvalue weighted by molar-refractivity contribution is 5.88. The predicted octanol–water partition coefficient (Wildman–Crippen LogP) is 3.24. The fraction of sp³-hybridized carbons (Fsp3) is 0.400. The number of likely N-dealkylation sites (tertiary alicyclic amines) is 1. The van der Waals surface area contributed by atoms with Crippen molar-refractivity contribution in [3.8, 4) is 11.1 Å². The van der Waals surface area contributed by atoms with Gasteiger partial charge in [0.05, 0.1) is 5.92 Å². The standard InChI is InChI=1S/C25H26N2O5/c28-23(27-12-16(13-27)24(29)30)22(11-15-9-10-15)26-25(31)32-14-21-19-7-3-1-5-17(19)18-6-2-4-8-20(18)21/h1-8,15-16,21-22H,9-14H2,(H,26,31)(H,29,30)/t22-/m0/s1. The van der Waals surface area contributed by atoms with Crippen molar-refractivity contribution in [3.63, 3.8) is 0 Å². The third kappa shape index (κ3) is 3.95. The van der Waals surface area contributed by atoms with Crippen LogP contribution in [0, 0.1) is 11.8 Å². The zero-order valence-electron chi connectivity index (χ0n) is 17.7. The Hall–Kier alpha value is -3.35. The second-order valence-electron chi connectivity index (χ2n) is 8.98. The van der Waals surface area contributed by atoms with Crippen molar-refractivity contribution >= 4 is 18.0 Å². The summed E-state index contributed by atoms with van der Waals surface area (Å²) in [4.78, 5) is 38.0. The van der Waals surface area contributed by atoms with Gasteiger partial charge >= 0.3 is 12.1 Å². The van der Waals surface area contributed by atoms with E-state index in [1.54, 1.807) is 0 Å². The first-order chi connectivity index (χ1) is 15.5. The van der Waals surface area contributed by atoms with Gasteiger partial charge in [-0.15, -0.1) is 0 Å². The summed E-state index contributed by atoms with van der Waals surface area (Å²) in [5.74, 6) is -1.25. The summed E-state index contributed by atoms with van der Waals surface area (Å²) in [5.41, 5.74) is 4.58. The van der Waals surface area contributed by atoms with Crippen molar-refractivity contribution in [3.05, 3.63) is 59.7 Å². The molecule has 166 valence electrons. The van der Waals surface area contributed by atoms with E-state index in [2.05, 4.69) is 29.6 Å². The van der Waals surface area contributed by atoms with Crippen LogP contribution < -0.4 is 5.32 Å². The maximum absolute atomic E-state index is 12.8. The van der Waals surface area contributed by atoms with Crippen LogP contribution in [0.15, 0.2) is 48.5 Å². The second kappa shape index (κ2) is 8.30. The lowest BCUT2D eigenvalue weighted by Crippen LogP contribution is -2.58. The van der Waals surface area contributed by atoms with E-state index >= 15 is 0 Å². The minimum Gasteiger partial charge on any atom is -0.481 e. The number of amides is 2. The van der Waals surface area contributed by atoms with Crippen molar-refractivity contribution < 1.29 is 24.2 Å². The molecular weight excluding hydrogens is 408 g/mol. The Morgan fingerprint density at radius 2 is 1.59 bits per heavy atom. The Morgan fingerprint density at radius 1 is 1.00 bits per heavy atom. The van der Waals surface area contributed by atoms with E-state index < -0.39 is 24.0 Å². The first-order valence-electron chi connectivity index (χ1n) is 11.1. The summed E-state index contributed by atoms with van der Waals surface area (Å²) in [6.45, 7) is 0.582. The average Bonchev–Trinajstić information content (AvgIpc) is 3.51. The number of nitrogens with zero attached hydrogens (tertiary/aromatic N) is 1. The molecule has 1 heterocycles. The molecule has 32 heavy (non-hydrogen) atoms. The molecule has 0 aromatic heterocycles. The highest BCUT2D eigenvalue weighted by Crippen LogP contribution is 2.44. The number of rotatable bonds is 7. The summed E-state index contributed by atoms with van der Waals surface area (Å²) < 4.78 is 5.60. The van der Waals surface area contributed by atoms with Crippen LogP contribution in [0.4, 0.5) is 4.79 Å². The van der Waals surface area contributed by atoms with Crippen LogP contribution in [-0.2, 0) is 14.3 Å². The van der Waals surface area contributed by atoms with E-state index in [0.717, 1.165) is 35.1 Å². The fourth-order valence-electron chi connectivity index (χ4n) is 4.73. The zero-order valence-corrected chi connectivity index (χ0v) is 17.7. The molecule has 0 radical (unpaired) electrons. The van der Waals surface area contributed by atoms with Crippen molar-refractivity contribution in [2.24, 2.45) is 11.8 Å². The van der Waals surface area contributed by atoms with Gasteiger partial charge in [-0.25, -0.2) is 4.79 Å². The molecule has 2 N–H and O–H groups in total. The first kappa shape index (κ1) is 20.5. The fourth-order valence-corrected chi connectivity index (χ4v) is 4.73. The second-order valence-corrected chi connectivity index (χ2v) is 8.98. The highest BCUT2D eigenvalue weighted by atomic mass is 16.5. The number of fused-ring (bicyclic) bond motifs is 3. The van der Waals surface area contributed by atoms with Crippen molar-refractivity contribution in [1.29, 1.82) is 0 Å². The highest BCUT2D eigenvalue weighted by Gasteiger charge is 2.40. The summed E-state index contributed by atoms with van der Waals surface area (Å²) >= 11 is 0. The predicted molar refractivity (Wildman–Crippen MR) is 117 cm³/mol. The number of hydrogen-bond donors (Lipinski definition) is 2. The van der Waals surface area contributed by atoms with Gasteiger partial charge in [-0.2, -0.15) is 0 Å². The lowest BCUT2D eigenvalue weighted by molar-refractivity contribution is -0.153. The van der Waals surface area contributed by atoms with Crippen LogP contribution in [0.3, 0.4) is 0 Å². The van der Waals surface area contributed by atoms with E-state index in [1.807, 2.05) is 24.3 Å². The Labute approximate surface area is 186 Å². The topological polar surface area (TPSA) is 95.9 Å². The molecule has 2 aromatic rings. The van der Waals surface area contributed by atoms with Crippen LogP contribution in [0.1, 0.15) is 36.3 Å². The van der Waals surface area contributed by atoms with Crippen LogP contribution in [0.2, 0.25) is 0 Å². The average molecular weight is 434 g/mol. The number of aliphatic carboxylic acids is 1. The van der Waals surface area contributed by atoms with Gasteiger partial charge in [0.25, 0.3) is 0 Å². The minimum atomic E-state index is -0.891. The van der Waals surface area contributed by atoms with Gasteiger partial charge in [0.15, 0.2) is 0 Å². The van der Waals surface area contributed by atoms with Crippen molar-refractivity contribution in [2.45, 2.75) is 31.2 Å². The van der Waals surface area contributed by atoms with Gasteiger partial charge in [0.1, 0.15) is 12.6 Å². The molecule has 1 saturated carbocycles. The molecule has 7 heteroatoms. The molecule has 3 aliphatic rings. The number of carbonyl (C=O) groups excluding carboxylic acids is 2. The van der Waals surface area contributed by atoms with Crippen LogP contribution in [0.5, 0.6) is 0 Å². The number of ether oxygens (including phenoxy) is 1. The van der Waals surface area contributed by atoms with E-state index in [1.165, 1.54) is 4.90 Å². The Bertz CT molecular complexity index is 1010. The molecule has 7 nitrogen and oxygen atoms in total. The maximum atomic E-state index is 12.8. The van der Waals surface area contributed by atoms with Gasteiger partial charge in [-0.3, -0.25) is 9.59 Å². The zero-order chi connectivity index (χ0) is 22.2. The van der Waals surface area contributed by atoms with E-state index in [-0.39, 0.29) is 31.5 Å². The summed E-state index contributed by atoms with van der Waals surface area (Å²) in [5, 5.41) is 11.8. The number of carboxylic acid groups (broad SMARTS) is 1. The third-order valence-corrected chi connectivity index (χ3v) is 6.74. The quantitative estimate of drug-likeness (QED) is 0.698. The minimum absolute atomic E-state index is 0.0440. The van der Waals surface area contributed by atoms with E-state index in [9.17, 15) is 14.4 Å². The van der Waals surface area contributed by atoms with Crippen LogP contribution >= 0.6 is 0 Å². The van der Waals surface area contributed by atoms with Gasteiger partial charge in [-0.05, 0) is 34.6 Å². The monoisotopic (exact) mass is 434 g/mol. The van der Waals surface area contributed by atoms with Crippen LogP contribution in [-0.4, -0.2) is 53.7 Å². The lowest BCUT2D eigenvalue weighted by Gasteiger charge is -2.38. The molecule has 5 rings (SSSR count). The summed E-state index contributed by atoms with van der Waals surface area (Å²) in [7, 11) is 0. The number of alkyl carbamates (subject to hydrolysis) is 1. The Balaban J connectivity index is 1.23. The molecule has 0 bridgehead atoms. The molecule has 0 spiro atoms. The van der Waals surface area contributed by atoms with Crippen molar-refractivity contribution in [2.75, 3.05) is 19.7 Å². The number of benzene rings is 2. The molecule has 2 aliphatic carbocycles. The molecule has 2 amide bonds. The maximum Gasteiger partial charge on any atom is 0.407 e. The molecule has 1 aliphatic heterocycles. The van der Waals surface area contributed by atoms with Crippen LogP contribution in [0.25, 0.3) is 11.1 Å². The van der Waals surface area contributed by atoms with Gasteiger partial charge in [0, 0.05) is 19.0 Å². The largest absolute Gasteiger partial charge is 0.481 e. The Morgan fingerprint density at radius 3 is 2.16 bits per heavy atom. The number of nitrogens with one attached hydrogen (secondary N) is 1. The van der Waals surface area contributed by atoms with Gasteiger partial charge < -0.3 is 20.1 Å². The number of carbonyl (C=O) groups is 3. The first-order valence-corrected chi connectivity index (χ1v) is 11.1. The molecule has 2 aromatic carbocycles. The van der Waals surface area contributed by atoms with E-state index in [0.29, 0.717) is 12.3 Å². The number of hydrogen-bond acceptors (Lipinski definition) is 4. The summed E-state index contributed by atoms with van der Waals surface area (Å²) in [6.07, 6.45) is 2.06. The lowest BCUT2D eigenvalue weighted by atomic mass is 9.98. The number of carboxylic acids is 1. The third-order valence-electron chi connectivity index (χ3n) is 6.74. The van der Waals surface area contributed by atoms with Gasteiger partial charge in [0.2, 0.25) is 5.91 Å². The van der Waals surface area contributed by atoms with Crippen molar-refractivity contribution in [1.82, 2.24) is 10.2 Å². The summed E-state index contributed by atoms with van der Waals surface area (Å²) in [6, 6.07) is 15.6. The van der Waals surface area contributed by atoms with Gasteiger partial charge in [-0.1, -0.05) is 61.4 Å². The smallest absolute Gasteiger partial charge is 0.407 e. The molecule has 0 unspecified atom stereocenters. The normalized spacial score (nSPS) is 18.3. The molecular formula is C25H26N2O5. The Kier molecular flexibility index (Phi) is 5.33. The molecule has 1 saturated heterocycles. The molecule has 1 atom stereocenters.